The molecule has 6 heteroatoms. The van der Waals surface area contributed by atoms with Crippen LogP contribution in [0, 0.1) is 10.1 Å². The summed E-state index contributed by atoms with van der Waals surface area (Å²) in [7, 11) is 0. The van der Waals surface area contributed by atoms with Crippen molar-refractivity contribution in [3.8, 4) is 5.75 Å². The van der Waals surface area contributed by atoms with Crippen molar-refractivity contribution in [3.05, 3.63) is 87.9 Å². The highest BCUT2D eigenvalue weighted by atomic mass is 16.6. The summed E-state index contributed by atoms with van der Waals surface area (Å²) in [5.74, 6) is 0.793. The lowest BCUT2D eigenvalue weighted by atomic mass is 9.88. The number of allylic oxidation sites excluding steroid dienone is 1. The van der Waals surface area contributed by atoms with Crippen LogP contribution in [0.1, 0.15) is 17.0 Å². The van der Waals surface area contributed by atoms with Gasteiger partial charge < -0.3 is 10.5 Å². The molecule has 2 heterocycles. The zero-order chi connectivity index (χ0) is 16.7. The van der Waals surface area contributed by atoms with Crippen molar-refractivity contribution in [3.63, 3.8) is 0 Å². The first-order chi connectivity index (χ1) is 11.6. The molecule has 24 heavy (non-hydrogen) atoms. The predicted octanol–water partition coefficient (Wildman–Crippen LogP) is 3.47. The summed E-state index contributed by atoms with van der Waals surface area (Å²) in [6.45, 7) is 0. The van der Waals surface area contributed by atoms with E-state index in [0.717, 1.165) is 22.0 Å². The molecule has 2 N–H and O–H groups in total. The van der Waals surface area contributed by atoms with Crippen molar-refractivity contribution in [2.45, 2.75) is 5.92 Å². The van der Waals surface area contributed by atoms with E-state index in [-0.39, 0.29) is 11.6 Å². The van der Waals surface area contributed by atoms with Gasteiger partial charge in [0.1, 0.15) is 5.52 Å². The maximum atomic E-state index is 10.8. The lowest BCUT2D eigenvalue weighted by molar-refractivity contribution is -0.384. The maximum absolute atomic E-state index is 10.8. The Hall–Kier alpha value is -3.41. The molecule has 0 aliphatic carbocycles. The first-order valence-corrected chi connectivity index (χ1v) is 7.40. The van der Waals surface area contributed by atoms with Gasteiger partial charge in [0.15, 0.2) is 11.6 Å². The Morgan fingerprint density at radius 2 is 1.92 bits per heavy atom. The van der Waals surface area contributed by atoms with Crippen LogP contribution in [-0.2, 0) is 0 Å². The smallest absolute Gasteiger partial charge is 0.269 e. The van der Waals surface area contributed by atoms with Gasteiger partial charge >= 0.3 is 0 Å². The summed E-state index contributed by atoms with van der Waals surface area (Å²) in [5.41, 5.74) is 8.60. The van der Waals surface area contributed by atoms with Crippen LogP contribution in [0.3, 0.4) is 0 Å². The Morgan fingerprint density at radius 1 is 1.12 bits per heavy atom. The van der Waals surface area contributed by atoms with E-state index in [1.165, 1.54) is 12.1 Å². The quantitative estimate of drug-likeness (QED) is 0.577. The van der Waals surface area contributed by atoms with Gasteiger partial charge in [0.2, 0.25) is 0 Å². The lowest BCUT2D eigenvalue weighted by Gasteiger charge is -2.24. The molecule has 2 aromatic carbocycles. The van der Waals surface area contributed by atoms with Crippen molar-refractivity contribution >= 4 is 16.6 Å². The third-order valence-electron chi connectivity index (χ3n) is 4.11. The molecule has 0 radical (unpaired) electrons. The van der Waals surface area contributed by atoms with Gasteiger partial charge in [-0.1, -0.05) is 30.3 Å². The summed E-state index contributed by atoms with van der Waals surface area (Å²) in [6.07, 6.45) is 3.51. The van der Waals surface area contributed by atoms with Crippen molar-refractivity contribution in [2.75, 3.05) is 0 Å². The number of aromatic nitrogens is 1. The summed E-state index contributed by atoms with van der Waals surface area (Å²) < 4.78 is 5.73. The molecule has 1 unspecified atom stereocenters. The molecule has 0 saturated heterocycles. The Morgan fingerprint density at radius 3 is 2.67 bits per heavy atom. The van der Waals surface area contributed by atoms with Gasteiger partial charge in [-0.3, -0.25) is 15.1 Å². The largest absolute Gasteiger partial charge is 0.439 e. The second-order valence-electron chi connectivity index (χ2n) is 5.56. The van der Waals surface area contributed by atoms with Crippen LogP contribution in [0.25, 0.3) is 10.9 Å². The minimum absolute atomic E-state index is 0.0585. The van der Waals surface area contributed by atoms with Crippen molar-refractivity contribution in [1.82, 2.24) is 4.98 Å². The van der Waals surface area contributed by atoms with Crippen LogP contribution in [0.15, 0.2) is 66.7 Å². The first-order valence-electron chi connectivity index (χ1n) is 7.40. The molecule has 3 aromatic rings. The highest BCUT2D eigenvalue weighted by Crippen LogP contribution is 2.41. The summed E-state index contributed by atoms with van der Waals surface area (Å²) in [5, 5.41) is 11.8. The maximum Gasteiger partial charge on any atom is 0.269 e. The molecule has 118 valence electrons. The first kappa shape index (κ1) is 14.2. The second-order valence-corrected chi connectivity index (χ2v) is 5.56. The average Bonchev–Trinajstić information content (AvgIpc) is 2.61. The van der Waals surface area contributed by atoms with E-state index >= 15 is 0 Å². The number of nitrogens with two attached hydrogens (primary N) is 1. The Bertz CT molecular complexity index is 980. The molecule has 1 atom stereocenters. The Labute approximate surface area is 137 Å². The number of ether oxygens (including phenoxy) is 1. The molecular weight excluding hydrogens is 306 g/mol. The van der Waals surface area contributed by atoms with Gasteiger partial charge in [-0.25, -0.2) is 0 Å². The number of hydrogen-bond acceptors (Lipinski definition) is 5. The summed E-state index contributed by atoms with van der Waals surface area (Å²) in [4.78, 5) is 14.8. The Kier molecular flexibility index (Phi) is 3.16. The molecular formula is C18H13N3O3. The zero-order valence-corrected chi connectivity index (χ0v) is 12.5. The number of hydrogen-bond donors (Lipinski definition) is 1. The second kappa shape index (κ2) is 5.34. The van der Waals surface area contributed by atoms with E-state index in [0.29, 0.717) is 11.6 Å². The number of non-ortho nitro benzene ring substituents is 1. The van der Waals surface area contributed by atoms with Crippen molar-refractivity contribution < 1.29 is 9.66 Å². The van der Waals surface area contributed by atoms with E-state index in [1.54, 1.807) is 24.4 Å². The van der Waals surface area contributed by atoms with Crippen LogP contribution in [0.4, 0.5) is 5.69 Å². The fourth-order valence-corrected chi connectivity index (χ4v) is 2.97. The van der Waals surface area contributed by atoms with Gasteiger partial charge in [0.05, 0.1) is 4.92 Å². The number of benzene rings is 2. The van der Waals surface area contributed by atoms with Crippen LogP contribution in [-0.4, -0.2) is 9.91 Å². The molecule has 0 saturated carbocycles. The van der Waals surface area contributed by atoms with Crippen LogP contribution in [0.2, 0.25) is 0 Å². The van der Waals surface area contributed by atoms with Crippen molar-refractivity contribution in [2.24, 2.45) is 5.73 Å². The average molecular weight is 319 g/mol. The highest BCUT2D eigenvalue weighted by Gasteiger charge is 2.25. The van der Waals surface area contributed by atoms with Crippen molar-refractivity contribution in [1.29, 1.82) is 0 Å². The molecule has 4 rings (SSSR count). The van der Waals surface area contributed by atoms with E-state index in [1.807, 2.05) is 24.3 Å². The van der Waals surface area contributed by atoms with Gasteiger partial charge in [-0.15, -0.1) is 0 Å². The minimum atomic E-state index is -0.413. The number of nitro groups is 1. The van der Waals surface area contributed by atoms with Gasteiger partial charge in [-0.2, -0.15) is 0 Å². The number of nitro benzene ring substituents is 1. The highest BCUT2D eigenvalue weighted by molar-refractivity contribution is 5.86. The molecule has 6 nitrogen and oxygen atoms in total. The minimum Gasteiger partial charge on any atom is -0.439 e. The fourth-order valence-electron chi connectivity index (χ4n) is 2.97. The van der Waals surface area contributed by atoms with E-state index in [4.69, 9.17) is 10.5 Å². The molecule has 1 aliphatic heterocycles. The molecule has 0 amide bonds. The zero-order valence-electron chi connectivity index (χ0n) is 12.5. The fraction of sp³-hybridized carbons (Fsp3) is 0.0556. The summed E-state index contributed by atoms with van der Waals surface area (Å²) >= 11 is 0. The number of rotatable bonds is 2. The number of fused-ring (bicyclic) bond motifs is 3. The molecule has 0 fully saturated rings. The van der Waals surface area contributed by atoms with E-state index < -0.39 is 4.92 Å². The van der Waals surface area contributed by atoms with E-state index in [2.05, 4.69) is 4.98 Å². The third-order valence-corrected chi connectivity index (χ3v) is 4.11. The van der Waals surface area contributed by atoms with Crippen LogP contribution >= 0.6 is 0 Å². The topological polar surface area (TPSA) is 91.3 Å². The van der Waals surface area contributed by atoms with Crippen LogP contribution < -0.4 is 10.5 Å². The number of nitrogens with zero attached hydrogens (tertiary/aromatic N) is 2. The molecule has 1 aliphatic rings. The van der Waals surface area contributed by atoms with Gasteiger partial charge in [0, 0.05) is 35.2 Å². The van der Waals surface area contributed by atoms with Gasteiger partial charge in [-0.05, 0) is 17.7 Å². The van der Waals surface area contributed by atoms with Crippen LogP contribution in [0.5, 0.6) is 5.75 Å². The lowest BCUT2D eigenvalue weighted by Crippen LogP contribution is -2.16. The standard InChI is InChI=1S/C18H13N3O3/c19-16-10-15(11-3-6-13(7-4-11)21(22)23)14-8-5-12-2-1-9-20-17(12)18(14)24-16/h1-10,15H,19H2. The number of pyridine rings is 1. The monoisotopic (exact) mass is 319 g/mol. The normalized spacial score (nSPS) is 16.2. The Balaban J connectivity index is 1.86. The third kappa shape index (κ3) is 2.25. The SMILES string of the molecule is NC1=CC(c2ccc([N+](=O)[O-])cc2)c2ccc3cccnc3c2O1. The molecule has 0 spiro atoms. The molecule has 0 bridgehead atoms. The molecule has 1 aromatic heterocycles. The summed E-state index contributed by atoms with van der Waals surface area (Å²) in [6, 6.07) is 14.3. The predicted molar refractivity (Wildman–Crippen MR) is 89.6 cm³/mol. The van der Waals surface area contributed by atoms with E-state index in [9.17, 15) is 10.1 Å². The van der Waals surface area contributed by atoms with Gasteiger partial charge in [0.25, 0.3) is 5.69 Å².